The average Bonchev–Trinajstić information content (AvgIpc) is 3.44. The summed E-state index contributed by atoms with van der Waals surface area (Å²) in [6.45, 7) is 0.275. The number of aromatic nitrogens is 1. The highest BCUT2D eigenvalue weighted by molar-refractivity contribution is 7.91. The van der Waals surface area contributed by atoms with Gasteiger partial charge in [-0.05, 0) is 67.0 Å². The molecule has 0 bridgehead atoms. The van der Waals surface area contributed by atoms with Crippen LogP contribution in [-0.4, -0.2) is 41.9 Å². The lowest BCUT2D eigenvalue weighted by Crippen LogP contribution is -2.40. The third-order valence-electron chi connectivity index (χ3n) is 6.54. The number of halogens is 1. The first-order valence-electron chi connectivity index (χ1n) is 11.2. The number of nitrogens with zero attached hydrogens (tertiary/aromatic N) is 2. The fourth-order valence-electron chi connectivity index (χ4n) is 4.72. The van der Waals surface area contributed by atoms with E-state index >= 15 is 0 Å². The summed E-state index contributed by atoms with van der Waals surface area (Å²) in [5.41, 5.74) is 4.65. The van der Waals surface area contributed by atoms with Gasteiger partial charge in [-0.1, -0.05) is 41.0 Å². The van der Waals surface area contributed by atoms with Crippen molar-refractivity contribution in [2.45, 2.75) is 44.7 Å². The number of aryl methyl sites for hydroxylation is 2. The van der Waals surface area contributed by atoms with Crippen LogP contribution in [0, 0.1) is 0 Å². The van der Waals surface area contributed by atoms with E-state index in [2.05, 4.69) is 17.3 Å². The number of sulfone groups is 1. The number of carbonyl (C=O) groups excluding carboxylic acids is 1. The third-order valence-corrected chi connectivity index (χ3v) is 8.54. The Labute approximate surface area is 198 Å². The van der Waals surface area contributed by atoms with Gasteiger partial charge in [-0.25, -0.2) is 8.42 Å². The van der Waals surface area contributed by atoms with Gasteiger partial charge in [0.1, 0.15) is 0 Å². The van der Waals surface area contributed by atoms with E-state index in [1.165, 1.54) is 24.0 Å². The number of fused-ring (bicyclic) bond motifs is 1. The molecule has 172 valence electrons. The Balaban J connectivity index is 1.42. The number of amides is 1. The molecule has 0 N–H and O–H groups in total. The number of hydrogen-bond donors (Lipinski definition) is 0. The highest BCUT2D eigenvalue weighted by Crippen LogP contribution is 2.29. The molecule has 0 spiro atoms. The van der Waals surface area contributed by atoms with Crippen LogP contribution in [0.4, 0.5) is 0 Å². The van der Waals surface area contributed by atoms with Crippen molar-refractivity contribution in [2.75, 3.05) is 11.5 Å². The van der Waals surface area contributed by atoms with Crippen LogP contribution in [0.5, 0.6) is 0 Å². The minimum atomic E-state index is -3.16. The van der Waals surface area contributed by atoms with Crippen LogP contribution in [-0.2, 0) is 29.2 Å². The summed E-state index contributed by atoms with van der Waals surface area (Å²) in [5, 5.41) is 4.66. The standard InChI is InChI=1S/C25H25ClN2O4S/c26-21-9-5-17(6-10-21)15-28(22-11-12-33(30,31)16-22)25(29)23-14-24(32-27-23)20-8-7-18-3-1-2-4-19(18)13-20/h5-10,13-14,22H,1-4,11-12,15-16H2/t22-/m1/s1. The van der Waals surface area contributed by atoms with Crippen LogP contribution < -0.4 is 0 Å². The van der Waals surface area contributed by atoms with Gasteiger partial charge in [0.15, 0.2) is 21.3 Å². The Bertz CT molecular complexity index is 1280. The molecule has 6 nitrogen and oxygen atoms in total. The molecule has 3 aromatic rings. The zero-order valence-corrected chi connectivity index (χ0v) is 19.7. The normalized spacial score (nSPS) is 19.2. The number of hydrogen-bond acceptors (Lipinski definition) is 5. The van der Waals surface area contributed by atoms with E-state index in [0.29, 0.717) is 17.2 Å². The molecule has 1 aliphatic heterocycles. The Morgan fingerprint density at radius 1 is 1.06 bits per heavy atom. The molecule has 1 atom stereocenters. The van der Waals surface area contributed by atoms with Crippen molar-refractivity contribution in [1.82, 2.24) is 10.1 Å². The van der Waals surface area contributed by atoms with E-state index in [1.807, 2.05) is 18.2 Å². The second-order valence-electron chi connectivity index (χ2n) is 8.88. The maximum atomic E-state index is 13.5. The molecule has 1 amide bonds. The monoisotopic (exact) mass is 484 g/mol. The SMILES string of the molecule is O=C(c1cc(-c2ccc3c(c2)CCCC3)on1)N(Cc1ccc(Cl)cc1)[C@@H]1CCS(=O)(=O)C1. The molecule has 0 unspecified atom stereocenters. The van der Waals surface area contributed by atoms with E-state index in [9.17, 15) is 13.2 Å². The molecule has 1 aromatic heterocycles. The average molecular weight is 485 g/mol. The van der Waals surface area contributed by atoms with Gasteiger partial charge < -0.3 is 9.42 Å². The van der Waals surface area contributed by atoms with Crippen molar-refractivity contribution in [3.63, 3.8) is 0 Å². The predicted molar refractivity (Wildman–Crippen MR) is 127 cm³/mol. The van der Waals surface area contributed by atoms with Crippen LogP contribution in [0.3, 0.4) is 0 Å². The Morgan fingerprint density at radius 3 is 2.55 bits per heavy atom. The molecule has 1 saturated heterocycles. The van der Waals surface area contributed by atoms with Gasteiger partial charge in [0.25, 0.3) is 5.91 Å². The van der Waals surface area contributed by atoms with E-state index in [1.54, 1.807) is 23.1 Å². The molecule has 0 saturated carbocycles. The summed E-state index contributed by atoms with van der Waals surface area (Å²) in [4.78, 5) is 15.1. The van der Waals surface area contributed by atoms with Crippen LogP contribution in [0.25, 0.3) is 11.3 Å². The zero-order chi connectivity index (χ0) is 23.0. The highest BCUT2D eigenvalue weighted by atomic mass is 35.5. The molecule has 2 aliphatic rings. The van der Waals surface area contributed by atoms with Gasteiger partial charge >= 0.3 is 0 Å². The second-order valence-corrected chi connectivity index (χ2v) is 11.5. The maximum absolute atomic E-state index is 13.5. The molecule has 1 fully saturated rings. The predicted octanol–water partition coefficient (Wildman–Crippen LogP) is 4.70. The van der Waals surface area contributed by atoms with Crippen molar-refractivity contribution < 1.29 is 17.7 Å². The first kappa shape index (κ1) is 22.2. The quantitative estimate of drug-likeness (QED) is 0.524. The van der Waals surface area contributed by atoms with Crippen molar-refractivity contribution in [3.05, 3.63) is 75.9 Å². The molecule has 5 rings (SSSR count). The van der Waals surface area contributed by atoms with E-state index in [-0.39, 0.29) is 29.7 Å². The Hall–Kier alpha value is -2.64. The second kappa shape index (κ2) is 8.95. The highest BCUT2D eigenvalue weighted by Gasteiger charge is 2.36. The summed E-state index contributed by atoms with van der Waals surface area (Å²) in [7, 11) is -3.16. The lowest BCUT2D eigenvalue weighted by atomic mass is 9.90. The summed E-state index contributed by atoms with van der Waals surface area (Å²) >= 11 is 5.99. The van der Waals surface area contributed by atoms with Crippen LogP contribution >= 0.6 is 11.6 Å². The number of rotatable bonds is 5. The summed E-state index contributed by atoms with van der Waals surface area (Å²) in [5.74, 6) is 0.251. The fourth-order valence-corrected chi connectivity index (χ4v) is 6.58. The van der Waals surface area contributed by atoms with Crippen molar-refractivity contribution in [3.8, 4) is 11.3 Å². The fraction of sp³-hybridized carbons (Fsp3) is 0.360. The molecule has 2 heterocycles. The van der Waals surface area contributed by atoms with Gasteiger partial charge in [0.2, 0.25) is 0 Å². The van der Waals surface area contributed by atoms with E-state index in [4.69, 9.17) is 16.1 Å². The minimum Gasteiger partial charge on any atom is -0.355 e. The van der Waals surface area contributed by atoms with Gasteiger partial charge in [-0.3, -0.25) is 4.79 Å². The summed E-state index contributed by atoms with van der Waals surface area (Å²) in [6, 6.07) is 14.7. The van der Waals surface area contributed by atoms with Gasteiger partial charge in [0, 0.05) is 29.2 Å². The first-order valence-corrected chi connectivity index (χ1v) is 13.4. The topological polar surface area (TPSA) is 80.5 Å². The Kier molecular flexibility index (Phi) is 6.01. The molecule has 0 radical (unpaired) electrons. The lowest BCUT2D eigenvalue weighted by molar-refractivity contribution is 0.0670. The summed E-state index contributed by atoms with van der Waals surface area (Å²) < 4.78 is 29.8. The Morgan fingerprint density at radius 2 is 1.82 bits per heavy atom. The van der Waals surface area contributed by atoms with Crippen LogP contribution in [0.15, 0.2) is 53.1 Å². The first-order chi connectivity index (χ1) is 15.9. The van der Waals surface area contributed by atoms with E-state index < -0.39 is 15.9 Å². The third kappa shape index (κ3) is 4.84. The van der Waals surface area contributed by atoms with Gasteiger partial charge in [0.05, 0.1) is 11.5 Å². The zero-order valence-electron chi connectivity index (χ0n) is 18.2. The summed E-state index contributed by atoms with van der Waals surface area (Å²) in [6.07, 6.45) is 4.96. The lowest BCUT2D eigenvalue weighted by Gasteiger charge is -2.27. The van der Waals surface area contributed by atoms with Crippen molar-refractivity contribution >= 4 is 27.3 Å². The molecular weight excluding hydrogens is 460 g/mol. The van der Waals surface area contributed by atoms with Crippen LogP contribution in [0.2, 0.25) is 5.02 Å². The molecule has 2 aromatic carbocycles. The van der Waals surface area contributed by atoms with Crippen molar-refractivity contribution in [2.24, 2.45) is 0 Å². The molecule has 33 heavy (non-hydrogen) atoms. The molecule has 1 aliphatic carbocycles. The van der Waals surface area contributed by atoms with Crippen LogP contribution in [0.1, 0.15) is 46.4 Å². The molecule has 8 heteroatoms. The number of carbonyl (C=O) groups is 1. The largest absolute Gasteiger partial charge is 0.355 e. The maximum Gasteiger partial charge on any atom is 0.276 e. The minimum absolute atomic E-state index is 0.0398. The molecular formula is C25H25ClN2O4S. The van der Waals surface area contributed by atoms with Gasteiger partial charge in [-0.2, -0.15) is 0 Å². The van der Waals surface area contributed by atoms with E-state index in [0.717, 1.165) is 24.0 Å². The van der Waals surface area contributed by atoms with Gasteiger partial charge in [-0.15, -0.1) is 0 Å². The number of benzene rings is 2. The smallest absolute Gasteiger partial charge is 0.276 e. The van der Waals surface area contributed by atoms with Crippen molar-refractivity contribution in [1.29, 1.82) is 0 Å².